The number of alkyl halides is 3. The second-order valence-corrected chi connectivity index (χ2v) is 10.7. The monoisotopic (exact) mass is 553 g/mol. The number of aromatic nitrogens is 1. The highest BCUT2D eigenvalue weighted by molar-refractivity contribution is 7.89. The summed E-state index contributed by atoms with van der Waals surface area (Å²) < 4.78 is 77.6. The summed E-state index contributed by atoms with van der Waals surface area (Å²) >= 11 is 0. The normalized spacial score (nSPS) is 15.6. The molecule has 38 heavy (non-hydrogen) atoms. The summed E-state index contributed by atoms with van der Waals surface area (Å²) in [7, 11) is -2.51. The van der Waals surface area contributed by atoms with Gasteiger partial charge in [0.1, 0.15) is 22.9 Å². The quantitative estimate of drug-likeness (QED) is 0.394. The van der Waals surface area contributed by atoms with Gasteiger partial charge in [0.15, 0.2) is 11.7 Å². The lowest BCUT2D eigenvalue weighted by Gasteiger charge is -2.30. The number of ether oxygens (including phenoxy) is 2. The van der Waals surface area contributed by atoms with Gasteiger partial charge in [-0.1, -0.05) is 36.4 Å². The van der Waals surface area contributed by atoms with Crippen LogP contribution in [-0.4, -0.2) is 57.8 Å². The molecular formula is C26H30F3N3O5S. The third-order valence-electron chi connectivity index (χ3n) is 6.44. The van der Waals surface area contributed by atoms with E-state index in [1.54, 1.807) is 12.1 Å². The summed E-state index contributed by atoms with van der Waals surface area (Å²) in [5.74, 6) is 1.17. The lowest BCUT2D eigenvalue weighted by molar-refractivity contribution is -0.176. The van der Waals surface area contributed by atoms with Crippen molar-refractivity contribution >= 4 is 10.0 Å². The van der Waals surface area contributed by atoms with Crippen molar-refractivity contribution in [3.63, 3.8) is 0 Å². The number of hydrogen-bond acceptors (Lipinski definition) is 7. The van der Waals surface area contributed by atoms with Crippen molar-refractivity contribution in [2.24, 2.45) is 5.14 Å². The Morgan fingerprint density at radius 2 is 1.84 bits per heavy atom. The Morgan fingerprint density at radius 1 is 1.13 bits per heavy atom. The zero-order chi connectivity index (χ0) is 27.3. The van der Waals surface area contributed by atoms with Crippen LogP contribution in [0.15, 0.2) is 57.8 Å². The Bertz CT molecular complexity index is 1320. The van der Waals surface area contributed by atoms with Gasteiger partial charge < -0.3 is 18.8 Å². The Balaban J connectivity index is 1.39. The van der Waals surface area contributed by atoms with Crippen molar-refractivity contribution in [1.29, 1.82) is 0 Å². The second kappa shape index (κ2) is 11.9. The van der Waals surface area contributed by atoms with Crippen LogP contribution in [0.5, 0.6) is 5.75 Å². The Hall–Kier alpha value is -2.93. The molecule has 0 saturated carbocycles. The number of hydrogen-bond donors (Lipinski definition) is 1. The van der Waals surface area contributed by atoms with Gasteiger partial charge in [-0.3, -0.25) is 0 Å². The summed E-state index contributed by atoms with van der Waals surface area (Å²) in [6.07, 6.45) is -2.25. The van der Waals surface area contributed by atoms with E-state index in [-0.39, 0.29) is 23.2 Å². The average Bonchev–Trinajstić information content (AvgIpc) is 3.31. The number of piperidine rings is 1. The summed E-state index contributed by atoms with van der Waals surface area (Å²) in [5.41, 5.74) is 1.91. The van der Waals surface area contributed by atoms with Gasteiger partial charge in [-0.05, 0) is 50.0 Å². The molecule has 1 saturated heterocycles. The van der Waals surface area contributed by atoms with Crippen LogP contribution in [0.3, 0.4) is 0 Å². The number of benzene rings is 2. The SMILES string of the molecule is COc1ccc(CCN2CCC(c3nc(COCC(F)(F)F)c(-c4ccccc4)o3)CC2)cc1S(N)(=O)=O. The fraction of sp³-hybridized carbons (Fsp3) is 0.423. The molecule has 0 unspecified atom stereocenters. The van der Waals surface area contributed by atoms with Crippen molar-refractivity contribution in [3.8, 4) is 17.1 Å². The van der Waals surface area contributed by atoms with Crippen molar-refractivity contribution in [2.45, 2.75) is 42.9 Å². The number of likely N-dealkylation sites (tertiary alicyclic amines) is 1. The highest BCUT2D eigenvalue weighted by Gasteiger charge is 2.30. The van der Waals surface area contributed by atoms with Gasteiger partial charge in [-0.25, -0.2) is 18.5 Å². The van der Waals surface area contributed by atoms with Gasteiger partial charge in [0.05, 0.1) is 13.7 Å². The number of oxazole rings is 1. The Labute approximate surface area is 219 Å². The minimum atomic E-state index is -4.42. The fourth-order valence-electron chi connectivity index (χ4n) is 4.51. The minimum Gasteiger partial charge on any atom is -0.495 e. The van der Waals surface area contributed by atoms with E-state index < -0.39 is 22.8 Å². The van der Waals surface area contributed by atoms with E-state index in [1.165, 1.54) is 7.11 Å². The lowest BCUT2D eigenvalue weighted by Crippen LogP contribution is -2.34. The molecular weight excluding hydrogens is 523 g/mol. The first-order valence-corrected chi connectivity index (χ1v) is 13.7. The van der Waals surface area contributed by atoms with E-state index >= 15 is 0 Å². The van der Waals surface area contributed by atoms with Crippen LogP contribution in [0.2, 0.25) is 0 Å². The third kappa shape index (κ3) is 7.34. The van der Waals surface area contributed by atoms with Gasteiger partial charge in [0.25, 0.3) is 0 Å². The molecule has 1 aliphatic heterocycles. The molecule has 1 fully saturated rings. The molecule has 3 aromatic rings. The standard InChI is InChI=1S/C26H30F3N3O5S/c1-35-22-8-7-18(15-23(22)38(30,33)34)9-12-32-13-10-20(11-14-32)25-31-21(16-36-17-26(27,28)29)24(37-25)19-5-3-2-4-6-19/h2-8,15,20H,9-14,16-17H2,1H3,(H2,30,33,34). The molecule has 0 radical (unpaired) electrons. The molecule has 0 amide bonds. The van der Waals surface area contributed by atoms with Crippen LogP contribution in [-0.2, 0) is 27.8 Å². The average molecular weight is 554 g/mol. The molecule has 2 N–H and O–H groups in total. The molecule has 8 nitrogen and oxygen atoms in total. The predicted octanol–water partition coefficient (Wildman–Crippen LogP) is 4.50. The van der Waals surface area contributed by atoms with Crippen LogP contribution in [0.4, 0.5) is 13.2 Å². The molecule has 2 aromatic carbocycles. The molecule has 4 rings (SSSR count). The lowest BCUT2D eigenvalue weighted by atomic mass is 9.96. The van der Waals surface area contributed by atoms with Crippen LogP contribution in [0.1, 0.15) is 35.9 Å². The first kappa shape index (κ1) is 28.1. The summed E-state index contributed by atoms with van der Waals surface area (Å²) in [6.45, 7) is 0.612. The Morgan fingerprint density at radius 3 is 2.47 bits per heavy atom. The van der Waals surface area contributed by atoms with E-state index in [1.807, 2.05) is 36.4 Å². The molecule has 0 bridgehead atoms. The number of nitrogens with two attached hydrogens (primary N) is 1. The molecule has 2 heterocycles. The van der Waals surface area contributed by atoms with E-state index in [4.69, 9.17) is 19.0 Å². The molecule has 206 valence electrons. The zero-order valence-electron chi connectivity index (χ0n) is 20.9. The van der Waals surface area contributed by atoms with Crippen molar-refractivity contribution in [3.05, 3.63) is 65.7 Å². The highest BCUT2D eigenvalue weighted by atomic mass is 32.2. The second-order valence-electron chi connectivity index (χ2n) is 9.20. The Kier molecular flexibility index (Phi) is 8.76. The predicted molar refractivity (Wildman–Crippen MR) is 134 cm³/mol. The molecule has 12 heteroatoms. The smallest absolute Gasteiger partial charge is 0.411 e. The minimum absolute atomic E-state index is 0.0278. The molecule has 1 aliphatic rings. The molecule has 0 aliphatic carbocycles. The van der Waals surface area contributed by atoms with Gasteiger partial charge in [-0.15, -0.1) is 0 Å². The summed E-state index contributed by atoms with van der Waals surface area (Å²) in [6, 6.07) is 14.1. The first-order chi connectivity index (χ1) is 18.0. The van der Waals surface area contributed by atoms with E-state index in [9.17, 15) is 21.6 Å². The van der Waals surface area contributed by atoms with Gasteiger partial charge in [0.2, 0.25) is 10.0 Å². The van der Waals surface area contributed by atoms with E-state index in [0.717, 1.165) is 43.6 Å². The van der Waals surface area contributed by atoms with Crippen molar-refractivity contribution in [2.75, 3.05) is 33.4 Å². The maximum Gasteiger partial charge on any atom is 0.411 e. The summed E-state index contributed by atoms with van der Waals surface area (Å²) in [5, 5.41) is 5.32. The maximum absolute atomic E-state index is 12.6. The van der Waals surface area contributed by atoms with Crippen molar-refractivity contribution in [1.82, 2.24) is 9.88 Å². The number of methoxy groups -OCH3 is 1. The van der Waals surface area contributed by atoms with E-state index in [0.29, 0.717) is 23.8 Å². The van der Waals surface area contributed by atoms with Gasteiger partial charge in [0, 0.05) is 18.0 Å². The fourth-order valence-corrected chi connectivity index (χ4v) is 5.26. The van der Waals surface area contributed by atoms with Crippen LogP contribution >= 0.6 is 0 Å². The van der Waals surface area contributed by atoms with Crippen molar-refractivity contribution < 1.29 is 35.5 Å². The van der Waals surface area contributed by atoms with Crippen LogP contribution in [0.25, 0.3) is 11.3 Å². The van der Waals surface area contributed by atoms with Crippen LogP contribution in [0, 0.1) is 0 Å². The number of rotatable bonds is 10. The number of nitrogens with zero attached hydrogens (tertiary/aromatic N) is 2. The summed E-state index contributed by atoms with van der Waals surface area (Å²) in [4.78, 5) is 6.77. The maximum atomic E-state index is 12.6. The molecule has 0 spiro atoms. The van der Waals surface area contributed by atoms with Crippen LogP contribution < -0.4 is 9.88 Å². The largest absolute Gasteiger partial charge is 0.495 e. The topological polar surface area (TPSA) is 108 Å². The molecule has 1 aromatic heterocycles. The van der Waals surface area contributed by atoms with E-state index in [2.05, 4.69) is 9.88 Å². The first-order valence-electron chi connectivity index (χ1n) is 12.1. The highest BCUT2D eigenvalue weighted by Crippen LogP contribution is 2.34. The zero-order valence-corrected chi connectivity index (χ0v) is 21.7. The number of sulfonamides is 1. The third-order valence-corrected chi connectivity index (χ3v) is 7.37. The number of halogens is 3. The number of primary sulfonamides is 1. The molecule has 0 atom stereocenters. The van der Waals surface area contributed by atoms with Gasteiger partial charge in [-0.2, -0.15) is 13.2 Å². The van der Waals surface area contributed by atoms with Gasteiger partial charge >= 0.3 is 6.18 Å².